The van der Waals surface area contributed by atoms with Crippen LogP contribution >= 0.6 is 22.9 Å². The van der Waals surface area contributed by atoms with Crippen LogP contribution in [0.15, 0.2) is 11.4 Å². The van der Waals surface area contributed by atoms with Crippen LogP contribution in [0.5, 0.6) is 0 Å². The number of rotatable bonds is 2. The van der Waals surface area contributed by atoms with Crippen molar-refractivity contribution < 1.29 is 9.53 Å². The number of carbonyl (C=O) groups is 1. The van der Waals surface area contributed by atoms with Crippen molar-refractivity contribution >= 4 is 39.1 Å². The number of thiophene rings is 1. The number of carbonyl (C=O) groups excluding carboxylic acids is 1. The van der Waals surface area contributed by atoms with Crippen molar-refractivity contribution in [2.75, 3.05) is 6.61 Å². The van der Waals surface area contributed by atoms with Gasteiger partial charge in [-0.05, 0) is 18.4 Å². The minimum atomic E-state index is -0.402. The van der Waals surface area contributed by atoms with Crippen molar-refractivity contribution in [3.05, 3.63) is 22.2 Å². The van der Waals surface area contributed by atoms with E-state index in [1.54, 1.807) is 6.92 Å². The molecular formula is C9H8ClNO2S. The van der Waals surface area contributed by atoms with Crippen LogP contribution in [-0.4, -0.2) is 17.6 Å². The van der Waals surface area contributed by atoms with E-state index in [4.69, 9.17) is 16.3 Å². The van der Waals surface area contributed by atoms with Crippen LogP contribution in [0.2, 0.25) is 5.02 Å². The minimum absolute atomic E-state index is 0.343. The zero-order valence-corrected chi connectivity index (χ0v) is 9.04. The zero-order chi connectivity index (χ0) is 10.1. The largest absolute Gasteiger partial charge is 0.461 e. The van der Waals surface area contributed by atoms with Gasteiger partial charge in [0.15, 0.2) is 0 Å². The number of esters is 1. The van der Waals surface area contributed by atoms with Gasteiger partial charge in [0.2, 0.25) is 0 Å². The van der Waals surface area contributed by atoms with Crippen LogP contribution in [0.4, 0.5) is 0 Å². The minimum Gasteiger partial charge on any atom is -0.461 e. The van der Waals surface area contributed by atoms with Gasteiger partial charge in [-0.15, -0.1) is 11.3 Å². The molecule has 0 atom stereocenters. The number of aromatic amines is 1. The third kappa shape index (κ3) is 1.40. The Kier molecular flexibility index (Phi) is 2.48. The van der Waals surface area contributed by atoms with Gasteiger partial charge in [-0.25, -0.2) is 4.79 Å². The van der Waals surface area contributed by atoms with E-state index in [1.165, 1.54) is 11.3 Å². The Morgan fingerprint density at radius 3 is 3.14 bits per heavy atom. The Morgan fingerprint density at radius 2 is 2.50 bits per heavy atom. The third-order valence-electron chi connectivity index (χ3n) is 1.84. The number of hydrogen-bond donors (Lipinski definition) is 1. The predicted molar refractivity (Wildman–Crippen MR) is 57.1 cm³/mol. The Morgan fingerprint density at radius 1 is 1.71 bits per heavy atom. The van der Waals surface area contributed by atoms with Gasteiger partial charge >= 0.3 is 5.97 Å². The molecule has 0 saturated heterocycles. The van der Waals surface area contributed by atoms with Gasteiger partial charge in [0.1, 0.15) is 10.5 Å². The standard InChI is InChI=1S/C9H8ClNO2S/c1-2-13-9(12)7-6(10)5-3-4-14-8(5)11-7/h3-4,11H,2H2,1H3. The number of hydrogen-bond acceptors (Lipinski definition) is 3. The van der Waals surface area contributed by atoms with Gasteiger partial charge in [0, 0.05) is 5.39 Å². The van der Waals surface area contributed by atoms with Gasteiger partial charge in [-0.2, -0.15) is 0 Å². The van der Waals surface area contributed by atoms with Crippen LogP contribution < -0.4 is 0 Å². The molecule has 5 heteroatoms. The fraction of sp³-hybridized carbons (Fsp3) is 0.222. The van der Waals surface area contributed by atoms with Gasteiger partial charge in [0.25, 0.3) is 0 Å². The summed E-state index contributed by atoms with van der Waals surface area (Å²) in [4.78, 5) is 15.2. The molecule has 2 aromatic heterocycles. The Balaban J connectivity index is 2.47. The summed E-state index contributed by atoms with van der Waals surface area (Å²) in [7, 11) is 0. The van der Waals surface area contributed by atoms with Crippen molar-refractivity contribution in [2.24, 2.45) is 0 Å². The summed E-state index contributed by atoms with van der Waals surface area (Å²) in [5.41, 5.74) is 0.343. The molecule has 0 unspecified atom stereocenters. The molecule has 2 rings (SSSR count). The van der Waals surface area contributed by atoms with E-state index in [2.05, 4.69) is 4.98 Å². The molecule has 0 aliphatic carbocycles. The highest BCUT2D eigenvalue weighted by Gasteiger charge is 2.17. The van der Waals surface area contributed by atoms with E-state index in [9.17, 15) is 4.79 Å². The first-order valence-corrected chi connectivity index (χ1v) is 5.41. The lowest BCUT2D eigenvalue weighted by Gasteiger charge is -1.98. The summed E-state index contributed by atoms with van der Waals surface area (Å²) < 4.78 is 4.86. The van der Waals surface area contributed by atoms with Gasteiger partial charge in [-0.3, -0.25) is 0 Å². The molecule has 3 nitrogen and oxygen atoms in total. The Labute approximate surface area is 89.6 Å². The lowest BCUT2D eigenvalue weighted by Crippen LogP contribution is -2.05. The maximum absolute atomic E-state index is 11.4. The van der Waals surface area contributed by atoms with Crippen LogP contribution in [0.1, 0.15) is 17.4 Å². The van der Waals surface area contributed by atoms with E-state index in [0.29, 0.717) is 17.3 Å². The molecule has 0 saturated carbocycles. The van der Waals surface area contributed by atoms with Crippen LogP contribution in [0.25, 0.3) is 10.2 Å². The van der Waals surface area contributed by atoms with Crippen LogP contribution in [0.3, 0.4) is 0 Å². The quantitative estimate of drug-likeness (QED) is 0.805. The molecule has 14 heavy (non-hydrogen) atoms. The van der Waals surface area contributed by atoms with Crippen LogP contribution in [-0.2, 0) is 4.74 Å². The molecule has 0 aromatic carbocycles. The topological polar surface area (TPSA) is 42.1 Å². The van der Waals surface area contributed by atoms with Gasteiger partial charge in [-0.1, -0.05) is 11.6 Å². The number of aromatic nitrogens is 1. The highest BCUT2D eigenvalue weighted by atomic mass is 35.5. The second-order valence-electron chi connectivity index (χ2n) is 2.70. The van der Waals surface area contributed by atoms with Crippen molar-refractivity contribution in [2.45, 2.75) is 6.92 Å². The second kappa shape index (κ2) is 3.63. The first-order chi connectivity index (χ1) is 6.74. The summed E-state index contributed by atoms with van der Waals surface area (Å²) in [6.45, 7) is 2.11. The molecule has 0 amide bonds. The maximum Gasteiger partial charge on any atom is 0.356 e. The number of H-pyrrole nitrogens is 1. The molecule has 0 aliphatic rings. The smallest absolute Gasteiger partial charge is 0.356 e. The Hall–Kier alpha value is -1.00. The lowest BCUT2D eigenvalue weighted by molar-refractivity contribution is 0.0521. The van der Waals surface area contributed by atoms with E-state index < -0.39 is 5.97 Å². The molecule has 2 heterocycles. The summed E-state index contributed by atoms with van der Waals surface area (Å²) in [5.74, 6) is -0.402. The lowest BCUT2D eigenvalue weighted by atomic mass is 10.3. The average Bonchev–Trinajstić information content (AvgIpc) is 2.69. The number of halogens is 1. The number of ether oxygens (including phenoxy) is 1. The molecule has 1 N–H and O–H groups in total. The molecule has 2 aromatic rings. The van der Waals surface area contributed by atoms with Crippen molar-refractivity contribution in [1.82, 2.24) is 4.98 Å². The first kappa shape index (κ1) is 9.55. The molecule has 0 fully saturated rings. The number of nitrogens with one attached hydrogen (secondary N) is 1. The fourth-order valence-electron chi connectivity index (χ4n) is 1.23. The fourth-order valence-corrected chi connectivity index (χ4v) is 2.36. The summed E-state index contributed by atoms with van der Waals surface area (Å²) in [5, 5.41) is 3.24. The molecule has 74 valence electrons. The van der Waals surface area contributed by atoms with Crippen molar-refractivity contribution in [3.63, 3.8) is 0 Å². The van der Waals surface area contributed by atoms with Gasteiger partial charge < -0.3 is 9.72 Å². The van der Waals surface area contributed by atoms with E-state index in [0.717, 1.165) is 10.2 Å². The van der Waals surface area contributed by atoms with E-state index >= 15 is 0 Å². The summed E-state index contributed by atoms with van der Waals surface area (Å²) in [6.07, 6.45) is 0. The zero-order valence-electron chi connectivity index (χ0n) is 7.46. The maximum atomic E-state index is 11.4. The van der Waals surface area contributed by atoms with E-state index in [1.807, 2.05) is 11.4 Å². The second-order valence-corrected chi connectivity index (χ2v) is 3.99. The van der Waals surface area contributed by atoms with Gasteiger partial charge in [0.05, 0.1) is 11.6 Å². The van der Waals surface area contributed by atoms with E-state index in [-0.39, 0.29) is 0 Å². The summed E-state index contributed by atoms with van der Waals surface area (Å²) >= 11 is 7.51. The summed E-state index contributed by atoms with van der Waals surface area (Å²) in [6, 6.07) is 1.88. The van der Waals surface area contributed by atoms with Crippen LogP contribution in [0, 0.1) is 0 Å². The monoisotopic (exact) mass is 229 g/mol. The highest BCUT2D eigenvalue weighted by molar-refractivity contribution is 7.16. The van der Waals surface area contributed by atoms with Crippen molar-refractivity contribution in [1.29, 1.82) is 0 Å². The molecular weight excluding hydrogens is 222 g/mol. The number of fused-ring (bicyclic) bond motifs is 1. The van der Waals surface area contributed by atoms with Crippen molar-refractivity contribution in [3.8, 4) is 0 Å². The third-order valence-corrected chi connectivity index (χ3v) is 3.06. The Bertz CT molecular complexity index is 474. The average molecular weight is 230 g/mol. The molecule has 0 spiro atoms. The SMILES string of the molecule is CCOC(=O)c1[nH]c2sccc2c1Cl. The molecule has 0 aliphatic heterocycles. The normalized spacial score (nSPS) is 10.7. The first-order valence-electron chi connectivity index (χ1n) is 4.15. The highest BCUT2D eigenvalue weighted by Crippen LogP contribution is 2.31. The molecule has 0 radical (unpaired) electrons. The predicted octanol–water partition coefficient (Wildman–Crippen LogP) is 3.06. The molecule has 0 bridgehead atoms.